The quantitative estimate of drug-likeness (QED) is 0.318. The van der Waals surface area contributed by atoms with E-state index in [0.29, 0.717) is 18.5 Å². The molecular weight excluding hydrogens is 479 g/mol. The maximum atomic E-state index is 4.89. The first kappa shape index (κ1) is 27.1. The summed E-state index contributed by atoms with van der Waals surface area (Å²) in [6, 6.07) is 9.09. The summed E-state index contributed by atoms with van der Waals surface area (Å²) in [6.07, 6.45) is 9.80. The van der Waals surface area contributed by atoms with Gasteiger partial charge in [0.2, 0.25) is 0 Å². The van der Waals surface area contributed by atoms with Crippen molar-refractivity contribution in [2.24, 2.45) is 11.8 Å². The molecule has 8 heteroatoms. The van der Waals surface area contributed by atoms with Gasteiger partial charge in [0.25, 0.3) is 0 Å². The average molecular weight is 514 g/mol. The van der Waals surface area contributed by atoms with E-state index < -0.39 is 25.3 Å². The van der Waals surface area contributed by atoms with Gasteiger partial charge in [-0.05, 0) is 47.1 Å². The monoisotopic (exact) mass is 513 g/mol. The molecule has 0 radical (unpaired) electrons. The molecule has 31 heavy (non-hydrogen) atoms. The van der Waals surface area contributed by atoms with Crippen molar-refractivity contribution in [2.75, 3.05) is 39.0 Å². The van der Waals surface area contributed by atoms with Crippen LogP contribution >= 0.6 is 18.6 Å². The Morgan fingerprint density at radius 2 is 1.68 bits per heavy atom. The van der Waals surface area contributed by atoms with E-state index in [0.717, 1.165) is 18.9 Å². The van der Waals surface area contributed by atoms with Gasteiger partial charge in [-0.25, -0.2) is 0 Å². The van der Waals surface area contributed by atoms with Gasteiger partial charge in [0.1, 0.15) is 8.24 Å². The minimum atomic E-state index is -1.57. The van der Waals surface area contributed by atoms with Crippen LogP contribution in [-0.2, 0) is 17.0 Å². The van der Waals surface area contributed by atoms with Gasteiger partial charge in [0.15, 0.2) is 0 Å². The molecule has 1 saturated carbocycles. The van der Waals surface area contributed by atoms with E-state index in [4.69, 9.17) is 18.6 Å². The number of hydrogen-bond donors (Lipinski definition) is 0. The van der Waals surface area contributed by atoms with Crippen molar-refractivity contribution in [1.29, 1.82) is 0 Å². The molecule has 1 heterocycles. The number of benzene rings is 1. The van der Waals surface area contributed by atoms with Gasteiger partial charge in [-0.1, -0.05) is 49.9 Å². The van der Waals surface area contributed by atoms with Crippen molar-refractivity contribution in [3.8, 4) is 0 Å². The number of anilines is 1. The third kappa shape index (κ3) is 6.27. The zero-order chi connectivity index (χ0) is 21.7. The number of hydrogen-bond acceptors (Lipinski definition) is 2. The van der Waals surface area contributed by atoms with Gasteiger partial charge in [-0.2, -0.15) is 0 Å². The number of fused-ring (bicyclic) bond motifs is 1. The maximum absolute atomic E-state index is 4.89. The Balaban J connectivity index is 0.000000808. The molecule has 2 aliphatic carbocycles. The van der Waals surface area contributed by atoms with Crippen LogP contribution in [0.1, 0.15) is 18.4 Å². The van der Waals surface area contributed by atoms with Crippen LogP contribution in [0.3, 0.4) is 0 Å². The third-order valence-electron chi connectivity index (χ3n) is 6.91. The molecule has 0 spiro atoms. The Hall–Kier alpha value is -0.109. The van der Waals surface area contributed by atoms with Crippen molar-refractivity contribution < 1.29 is 17.0 Å². The predicted octanol–water partition coefficient (Wildman–Crippen LogP) is 7.07. The molecule has 4 rings (SSSR count). The van der Waals surface area contributed by atoms with E-state index >= 15 is 0 Å². The summed E-state index contributed by atoms with van der Waals surface area (Å²) in [5.74, 6) is 1.33. The van der Waals surface area contributed by atoms with E-state index in [1.165, 1.54) is 29.7 Å². The Kier molecular flexibility index (Phi) is 10.8. The van der Waals surface area contributed by atoms with Crippen LogP contribution in [0, 0.1) is 19.3 Å². The zero-order valence-corrected chi connectivity index (χ0v) is 23.4. The molecule has 4 nitrogen and oxygen atoms in total. The van der Waals surface area contributed by atoms with E-state index in [2.05, 4.69) is 89.8 Å². The van der Waals surface area contributed by atoms with E-state index in [9.17, 15) is 0 Å². The molecule has 0 N–H and O–H groups in total. The summed E-state index contributed by atoms with van der Waals surface area (Å²) in [6.45, 7) is 7.53. The van der Waals surface area contributed by atoms with Crippen LogP contribution in [0.2, 0.25) is 18.6 Å². The minimum absolute atomic E-state index is 0. The Labute approximate surface area is 207 Å². The Morgan fingerprint density at radius 3 is 2.26 bits per heavy atom. The molecule has 168 valence electrons. The first-order chi connectivity index (χ1) is 14.4. The summed E-state index contributed by atoms with van der Waals surface area (Å²) in [5.41, 5.74) is 4.97. The number of rotatable bonds is 4. The molecular formula is C23H35Cl2N4SiTi+. The zero-order valence-electron chi connectivity index (χ0n) is 19.4. The SMILES string of the molecule is CN(C)c1ccc(C2=CC=CC3C2CCC3[Si](C)(C)N2C[N-]C[N-]C2)cc1.[CH3-].[Cl][Ti+4][Cl]. The third-order valence-corrected chi connectivity index (χ3v) is 11.3. The normalized spacial score (nSPS) is 25.7. The van der Waals surface area contributed by atoms with E-state index in [1.54, 1.807) is 0 Å². The number of nitrogens with zero attached hydrogens (tertiary/aromatic N) is 4. The average Bonchev–Trinajstić information content (AvgIpc) is 3.20. The molecule has 1 aromatic rings. The van der Waals surface area contributed by atoms with Crippen LogP contribution in [0.4, 0.5) is 5.69 Å². The van der Waals surface area contributed by atoms with E-state index in [-0.39, 0.29) is 7.43 Å². The van der Waals surface area contributed by atoms with Crippen molar-refractivity contribution in [3.05, 3.63) is 66.1 Å². The van der Waals surface area contributed by atoms with Crippen LogP contribution in [0.15, 0.2) is 42.5 Å². The van der Waals surface area contributed by atoms with Gasteiger partial charge in [0, 0.05) is 19.8 Å². The van der Waals surface area contributed by atoms with Gasteiger partial charge in [-0.15, -0.1) is 13.3 Å². The molecule has 3 atom stereocenters. The Morgan fingerprint density at radius 1 is 1.06 bits per heavy atom. The van der Waals surface area contributed by atoms with Gasteiger partial charge in [0.05, 0.1) is 0 Å². The van der Waals surface area contributed by atoms with Crippen LogP contribution in [0.5, 0.6) is 0 Å². The molecule has 0 amide bonds. The summed E-state index contributed by atoms with van der Waals surface area (Å²) in [4.78, 5) is 2.16. The van der Waals surface area contributed by atoms with Crippen LogP contribution < -0.4 is 4.90 Å². The van der Waals surface area contributed by atoms with Crippen molar-refractivity contribution in [3.63, 3.8) is 0 Å². The summed E-state index contributed by atoms with van der Waals surface area (Å²) < 4.78 is 2.60. The second-order valence-electron chi connectivity index (χ2n) is 8.95. The summed E-state index contributed by atoms with van der Waals surface area (Å²) >= 11 is -0.556. The summed E-state index contributed by atoms with van der Waals surface area (Å²) in [5, 5.41) is 9.09. The van der Waals surface area contributed by atoms with Crippen molar-refractivity contribution in [2.45, 2.75) is 31.5 Å². The van der Waals surface area contributed by atoms with E-state index in [1.807, 2.05) is 0 Å². The molecule has 3 unspecified atom stereocenters. The van der Waals surface area contributed by atoms with Gasteiger partial charge >= 0.3 is 35.6 Å². The molecule has 0 aromatic heterocycles. The fraction of sp³-hybridized carbons (Fsp3) is 0.522. The van der Waals surface area contributed by atoms with Crippen LogP contribution in [-0.4, -0.2) is 46.9 Å². The first-order valence-corrected chi connectivity index (χ1v) is 17.9. The van der Waals surface area contributed by atoms with Crippen LogP contribution in [0.25, 0.3) is 16.2 Å². The standard InChI is InChI=1S/C22H32N4Si.CH3.2ClH.Ti/c1-25(2)18-10-8-17(9-11-18)19-6-5-7-21-20(19)12-13-22(21)27(3,4)26-15-23-14-24-16-26;;;;/h5-11,20-22H,12-16H2,1-4H3;1H3;2*1H;/q-2;-1;;;+6/p-2. The molecule has 1 aromatic carbocycles. The fourth-order valence-corrected chi connectivity index (χ4v) is 8.75. The van der Waals surface area contributed by atoms with Crippen molar-refractivity contribution >= 4 is 38.1 Å². The second-order valence-corrected chi connectivity index (χ2v) is 16.2. The number of halogens is 2. The molecule has 1 aliphatic heterocycles. The fourth-order valence-electron chi connectivity index (χ4n) is 5.20. The number of allylic oxidation sites excluding steroid dienone is 4. The van der Waals surface area contributed by atoms with Crippen molar-refractivity contribution in [1.82, 2.24) is 4.57 Å². The Bertz CT molecular complexity index is 748. The molecule has 2 fully saturated rings. The molecule has 1 saturated heterocycles. The first-order valence-electron chi connectivity index (χ1n) is 10.5. The molecule has 0 bridgehead atoms. The van der Waals surface area contributed by atoms with Gasteiger partial charge < -0.3 is 27.5 Å². The summed E-state index contributed by atoms with van der Waals surface area (Å²) in [7, 11) is 12.4. The topological polar surface area (TPSA) is 34.7 Å². The second kappa shape index (κ2) is 12.4. The molecule has 3 aliphatic rings. The van der Waals surface area contributed by atoms with Gasteiger partial charge in [-0.3, -0.25) is 6.67 Å². The predicted molar refractivity (Wildman–Crippen MR) is 137 cm³/mol.